The number of hydrogen-bond acceptors (Lipinski definition) is 4. The van der Waals surface area contributed by atoms with E-state index < -0.39 is 0 Å². The molecule has 19 heavy (non-hydrogen) atoms. The number of methoxy groups -OCH3 is 2. The van der Waals surface area contributed by atoms with E-state index in [2.05, 4.69) is 0 Å². The average molecular weight is 265 g/mol. The molecule has 2 rings (SSSR count). The Balaban J connectivity index is 2.10. The molecule has 0 unspecified atom stereocenters. The molecule has 0 bridgehead atoms. The Labute approximate surface area is 114 Å². The number of para-hydroxylation sites is 1. The van der Waals surface area contributed by atoms with Gasteiger partial charge in [0.2, 0.25) is 5.75 Å². The molecule has 1 aliphatic carbocycles. The van der Waals surface area contributed by atoms with Crippen LogP contribution < -0.4 is 19.9 Å². The fourth-order valence-electron chi connectivity index (χ4n) is 2.73. The first-order valence-electron chi connectivity index (χ1n) is 6.78. The predicted molar refractivity (Wildman–Crippen MR) is 75.0 cm³/mol. The molecule has 4 nitrogen and oxygen atoms in total. The third kappa shape index (κ3) is 2.95. The summed E-state index contributed by atoms with van der Waals surface area (Å²) < 4.78 is 16.6. The van der Waals surface area contributed by atoms with E-state index in [0.29, 0.717) is 24.7 Å². The maximum Gasteiger partial charge on any atom is 0.203 e. The molecular formula is C15H23NO3. The maximum atomic E-state index is 5.96. The first-order valence-corrected chi connectivity index (χ1v) is 6.78. The van der Waals surface area contributed by atoms with Gasteiger partial charge in [0.25, 0.3) is 0 Å². The van der Waals surface area contributed by atoms with Gasteiger partial charge in [-0.25, -0.2) is 0 Å². The summed E-state index contributed by atoms with van der Waals surface area (Å²) in [6.45, 7) is 1.33. The van der Waals surface area contributed by atoms with Crippen molar-refractivity contribution in [1.82, 2.24) is 0 Å². The summed E-state index contributed by atoms with van der Waals surface area (Å²) in [6, 6.07) is 5.67. The largest absolute Gasteiger partial charge is 0.493 e. The summed E-state index contributed by atoms with van der Waals surface area (Å²) in [5.74, 6) is 2.06. The number of ether oxygens (including phenoxy) is 3. The highest BCUT2D eigenvalue weighted by molar-refractivity contribution is 5.51. The summed E-state index contributed by atoms with van der Waals surface area (Å²) in [5.41, 5.74) is 6.06. The number of hydrogen-bond donors (Lipinski definition) is 1. The smallest absolute Gasteiger partial charge is 0.203 e. The van der Waals surface area contributed by atoms with Gasteiger partial charge in [0.05, 0.1) is 20.8 Å². The van der Waals surface area contributed by atoms with Crippen molar-refractivity contribution in [3.63, 3.8) is 0 Å². The molecule has 0 amide bonds. The van der Waals surface area contributed by atoms with Gasteiger partial charge < -0.3 is 19.9 Å². The minimum absolute atomic E-state index is 0.133. The SMILES string of the molecule is COc1cccc(OCC2(CN)CCCC2)c1OC. The zero-order chi connectivity index (χ0) is 13.7. The van der Waals surface area contributed by atoms with E-state index in [9.17, 15) is 0 Å². The van der Waals surface area contributed by atoms with E-state index in [0.717, 1.165) is 18.6 Å². The zero-order valence-corrected chi connectivity index (χ0v) is 11.8. The number of benzene rings is 1. The molecule has 1 aliphatic rings. The van der Waals surface area contributed by atoms with Crippen LogP contribution in [-0.2, 0) is 0 Å². The fourth-order valence-corrected chi connectivity index (χ4v) is 2.73. The fraction of sp³-hybridized carbons (Fsp3) is 0.600. The van der Waals surface area contributed by atoms with Crippen molar-refractivity contribution < 1.29 is 14.2 Å². The van der Waals surface area contributed by atoms with Crippen LogP contribution in [0.25, 0.3) is 0 Å². The third-order valence-electron chi connectivity index (χ3n) is 4.00. The second-order valence-electron chi connectivity index (χ2n) is 5.19. The lowest BCUT2D eigenvalue weighted by Gasteiger charge is -2.27. The van der Waals surface area contributed by atoms with E-state index in [1.807, 2.05) is 18.2 Å². The summed E-state index contributed by atoms with van der Waals surface area (Å²) in [7, 11) is 3.25. The van der Waals surface area contributed by atoms with Gasteiger partial charge in [-0.1, -0.05) is 18.9 Å². The van der Waals surface area contributed by atoms with Crippen LogP contribution in [0, 0.1) is 5.41 Å². The molecule has 0 radical (unpaired) electrons. The Morgan fingerprint density at radius 2 is 1.79 bits per heavy atom. The minimum atomic E-state index is 0.133. The van der Waals surface area contributed by atoms with Crippen molar-refractivity contribution in [3.05, 3.63) is 18.2 Å². The van der Waals surface area contributed by atoms with E-state index in [-0.39, 0.29) is 5.41 Å². The zero-order valence-electron chi connectivity index (χ0n) is 11.8. The second kappa shape index (κ2) is 6.15. The highest BCUT2D eigenvalue weighted by Crippen LogP contribution is 2.41. The van der Waals surface area contributed by atoms with E-state index in [1.54, 1.807) is 14.2 Å². The van der Waals surface area contributed by atoms with Crippen LogP contribution in [0.1, 0.15) is 25.7 Å². The van der Waals surface area contributed by atoms with Crippen LogP contribution in [-0.4, -0.2) is 27.4 Å². The lowest BCUT2D eigenvalue weighted by Crippen LogP contribution is -2.33. The monoisotopic (exact) mass is 265 g/mol. The Morgan fingerprint density at radius 1 is 1.11 bits per heavy atom. The minimum Gasteiger partial charge on any atom is -0.493 e. The molecule has 106 valence electrons. The van der Waals surface area contributed by atoms with E-state index >= 15 is 0 Å². The number of nitrogens with two attached hydrogens (primary N) is 1. The van der Waals surface area contributed by atoms with Crippen LogP contribution in [0.15, 0.2) is 18.2 Å². The van der Waals surface area contributed by atoms with Crippen LogP contribution in [0.5, 0.6) is 17.2 Å². The van der Waals surface area contributed by atoms with Crippen molar-refractivity contribution in [1.29, 1.82) is 0 Å². The second-order valence-corrected chi connectivity index (χ2v) is 5.19. The van der Waals surface area contributed by atoms with E-state index in [1.165, 1.54) is 12.8 Å². The quantitative estimate of drug-likeness (QED) is 0.859. The molecule has 2 N–H and O–H groups in total. The Morgan fingerprint density at radius 3 is 2.37 bits per heavy atom. The van der Waals surface area contributed by atoms with E-state index in [4.69, 9.17) is 19.9 Å². The highest BCUT2D eigenvalue weighted by Gasteiger charge is 2.33. The molecule has 0 saturated heterocycles. The van der Waals surface area contributed by atoms with Gasteiger partial charge in [-0.15, -0.1) is 0 Å². The van der Waals surface area contributed by atoms with Gasteiger partial charge in [0.15, 0.2) is 11.5 Å². The van der Waals surface area contributed by atoms with Gasteiger partial charge in [-0.05, 0) is 25.0 Å². The Hall–Kier alpha value is -1.42. The van der Waals surface area contributed by atoms with Crippen molar-refractivity contribution in [2.75, 3.05) is 27.4 Å². The molecule has 1 aromatic rings. The molecule has 4 heteroatoms. The first-order chi connectivity index (χ1) is 9.24. The molecule has 1 saturated carbocycles. The predicted octanol–water partition coefficient (Wildman–Crippen LogP) is 2.60. The molecule has 1 aromatic carbocycles. The first kappa shape index (κ1) is 14.0. The molecule has 0 aromatic heterocycles. The van der Waals surface area contributed by atoms with Gasteiger partial charge in [0.1, 0.15) is 0 Å². The van der Waals surface area contributed by atoms with Crippen molar-refractivity contribution in [2.45, 2.75) is 25.7 Å². The molecule has 0 atom stereocenters. The molecule has 0 spiro atoms. The van der Waals surface area contributed by atoms with Crippen LogP contribution in [0.2, 0.25) is 0 Å². The summed E-state index contributed by atoms with van der Waals surface area (Å²) in [4.78, 5) is 0. The lowest BCUT2D eigenvalue weighted by molar-refractivity contribution is 0.152. The maximum absolute atomic E-state index is 5.96. The van der Waals surface area contributed by atoms with Crippen LogP contribution in [0.3, 0.4) is 0 Å². The van der Waals surface area contributed by atoms with Crippen LogP contribution >= 0.6 is 0 Å². The molecule has 0 aliphatic heterocycles. The van der Waals surface area contributed by atoms with Gasteiger partial charge in [-0.2, -0.15) is 0 Å². The molecular weight excluding hydrogens is 242 g/mol. The van der Waals surface area contributed by atoms with Crippen LogP contribution in [0.4, 0.5) is 0 Å². The van der Waals surface area contributed by atoms with Gasteiger partial charge >= 0.3 is 0 Å². The van der Waals surface area contributed by atoms with Gasteiger partial charge in [0, 0.05) is 12.0 Å². The third-order valence-corrected chi connectivity index (χ3v) is 4.00. The topological polar surface area (TPSA) is 53.7 Å². The van der Waals surface area contributed by atoms with Crippen molar-refractivity contribution in [2.24, 2.45) is 11.1 Å². The lowest BCUT2D eigenvalue weighted by atomic mass is 9.87. The average Bonchev–Trinajstić information content (AvgIpc) is 2.94. The van der Waals surface area contributed by atoms with Crippen molar-refractivity contribution >= 4 is 0 Å². The van der Waals surface area contributed by atoms with Crippen molar-refractivity contribution in [3.8, 4) is 17.2 Å². The summed E-state index contributed by atoms with van der Waals surface area (Å²) >= 11 is 0. The summed E-state index contributed by atoms with van der Waals surface area (Å²) in [6.07, 6.45) is 4.79. The normalized spacial score (nSPS) is 17.2. The number of rotatable bonds is 6. The molecule has 0 heterocycles. The Kier molecular flexibility index (Phi) is 4.53. The summed E-state index contributed by atoms with van der Waals surface area (Å²) in [5, 5.41) is 0. The highest BCUT2D eigenvalue weighted by atomic mass is 16.5. The molecule has 1 fully saturated rings. The van der Waals surface area contributed by atoms with Gasteiger partial charge in [-0.3, -0.25) is 0 Å². The Bertz CT molecular complexity index is 414. The standard InChI is InChI=1S/C15H23NO3/c1-17-12-6-5-7-13(14(12)18-2)19-11-15(10-16)8-3-4-9-15/h5-7H,3-4,8-11,16H2,1-2H3.